The van der Waals surface area contributed by atoms with E-state index in [2.05, 4.69) is 9.97 Å². The first kappa shape index (κ1) is 25.0. The maximum Gasteiger partial charge on any atom is 0.433 e. The van der Waals surface area contributed by atoms with Crippen molar-refractivity contribution < 1.29 is 27.8 Å². The van der Waals surface area contributed by atoms with Gasteiger partial charge in [-0.1, -0.05) is 30.3 Å². The second kappa shape index (κ2) is 9.49. The molecule has 2 aromatic heterocycles. The van der Waals surface area contributed by atoms with E-state index in [0.717, 1.165) is 10.1 Å². The summed E-state index contributed by atoms with van der Waals surface area (Å²) in [5.41, 5.74) is 0.237. The molecule has 0 amide bonds. The maximum absolute atomic E-state index is 13.9. The summed E-state index contributed by atoms with van der Waals surface area (Å²) in [7, 11) is 1.34. The zero-order valence-electron chi connectivity index (χ0n) is 19.9. The zero-order valence-corrected chi connectivity index (χ0v) is 19.9. The van der Waals surface area contributed by atoms with Crippen LogP contribution in [-0.2, 0) is 18.0 Å². The van der Waals surface area contributed by atoms with Gasteiger partial charge in [0, 0.05) is 29.9 Å². The molecule has 0 spiro atoms. The monoisotopic (exact) mass is 495 g/mol. The van der Waals surface area contributed by atoms with Crippen LogP contribution in [0.1, 0.15) is 19.5 Å². The molecule has 9 heteroatoms. The van der Waals surface area contributed by atoms with Crippen LogP contribution in [0.4, 0.5) is 13.2 Å². The number of aliphatic carboxylic acids is 1. The van der Waals surface area contributed by atoms with E-state index < -0.39 is 23.3 Å². The van der Waals surface area contributed by atoms with Crippen molar-refractivity contribution in [2.75, 3.05) is 6.61 Å². The van der Waals surface area contributed by atoms with Gasteiger partial charge in [-0.25, -0.2) is 4.98 Å². The Hall–Kier alpha value is -4.14. The summed E-state index contributed by atoms with van der Waals surface area (Å²) in [4.78, 5) is 20.0. The van der Waals surface area contributed by atoms with Gasteiger partial charge in [-0.05, 0) is 50.2 Å². The van der Waals surface area contributed by atoms with Gasteiger partial charge in [0.25, 0.3) is 0 Å². The molecule has 6 nitrogen and oxygen atoms in total. The molecular weight excluding hydrogens is 471 g/mol. The van der Waals surface area contributed by atoms with Crippen LogP contribution in [0.5, 0.6) is 5.75 Å². The fourth-order valence-corrected chi connectivity index (χ4v) is 3.62. The number of pyridine rings is 1. The van der Waals surface area contributed by atoms with Gasteiger partial charge in [0.15, 0.2) is 5.69 Å². The number of benzene rings is 2. The van der Waals surface area contributed by atoms with Gasteiger partial charge in [0.05, 0.1) is 11.1 Å². The molecule has 2 aromatic carbocycles. The number of alkyl halides is 3. The number of hydrogen-bond acceptors (Lipinski definition) is 4. The van der Waals surface area contributed by atoms with Crippen LogP contribution >= 0.6 is 0 Å². The van der Waals surface area contributed by atoms with Crippen molar-refractivity contribution in [1.82, 2.24) is 14.5 Å². The Morgan fingerprint density at radius 2 is 1.58 bits per heavy atom. The predicted octanol–water partition coefficient (Wildman–Crippen LogP) is 6.32. The Kier molecular flexibility index (Phi) is 6.58. The first-order valence-corrected chi connectivity index (χ1v) is 11.1. The van der Waals surface area contributed by atoms with Crippen molar-refractivity contribution in [3.63, 3.8) is 0 Å². The van der Waals surface area contributed by atoms with Crippen molar-refractivity contribution in [1.29, 1.82) is 0 Å². The molecule has 0 saturated heterocycles. The number of imidazole rings is 1. The molecule has 186 valence electrons. The minimum atomic E-state index is -4.58. The number of aromatic nitrogens is 3. The van der Waals surface area contributed by atoms with E-state index in [4.69, 9.17) is 4.74 Å². The van der Waals surface area contributed by atoms with Crippen LogP contribution < -0.4 is 4.74 Å². The minimum Gasteiger partial charge on any atom is -0.492 e. The zero-order chi connectivity index (χ0) is 26.1. The molecule has 0 saturated carbocycles. The molecule has 0 unspecified atom stereocenters. The SMILES string of the molecule is Cn1c(-c2ccc(-c3ccc(OCC(C)(C)C(=O)O)cc3)nc2)nc(-c2ccccc2)c1C(F)(F)F. The summed E-state index contributed by atoms with van der Waals surface area (Å²) in [5, 5.41) is 9.20. The van der Waals surface area contributed by atoms with Gasteiger partial charge in [0.1, 0.15) is 23.9 Å². The number of rotatable bonds is 7. The first-order chi connectivity index (χ1) is 17.0. The Morgan fingerprint density at radius 1 is 0.944 bits per heavy atom. The smallest absolute Gasteiger partial charge is 0.433 e. The summed E-state index contributed by atoms with van der Waals surface area (Å²) < 4.78 is 48.3. The highest BCUT2D eigenvalue weighted by Crippen LogP contribution is 2.39. The molecule has 0 aliphatic rings. The molecule has 36 heavy (non-hydrogen) atoms. The Labute approximate surface area is 206 Å². The van der Waals surface area contributed by atoms with Crippen LogP contribution in [0, 0.1) is 5.41 Å². The lowest BCUT2D eigenvalue weighted by Crippen LogP contribution is -2.30. The largest absolute Gasteiger partial charge is 0.492 e. The van der Waals surface area contributed by atoms with Gasteiger partial charge >= 0.3 is 12.1 Å². The number of nitrogens with zero attached hydrogens (tertiary/aromatic N) is 3. The summed E-state index contributed by atoms with van der Waals surface area (Å²) >= 11 is 0. The fourth-order valence-electron chi connectivity index (χ4n) is 3.62. The molecule has 0 fully saturated rings. The average molecular weight is 496 g/mol. The normalized spacial score (nSPS) is 11.9. The van der Waals surface area contributed by atoms with Crippen LogP contribution in [0.2, 0.25) is 0 Å². The van der Waals surface area contributed by atoms with Crippen molar-refractivity contribution in [3.8, 4) is 39.7 Å². The van der Waals surface area contributed by atoms with E-state index in [-0.39, 0.29) is 18.1 Å². The average Bonchev–Trinajstić information content (AvgIpc) is 3.21. The second-order valence-corrected chi connectivity index (χ2v) is 8.99. The molecule has 4 rings (SSSR count). The predicted molar refractivity (Wildman–Crippen MR) is 129 cm³/mol. The van der Waals surface area contributed by atoms with Crippen LogP contribution in [0.15, 0.2) is 72.9 Å². The van der Waals surface area contributed by atoms with E-state index >= 15 is 0 Å². The second-order valence-electron chi connectivity index (χ2n) is 8.99. The lowest BCUT2D eigenvalue weighted by molar-refractivity contribution is -0.148. The molecule has 0 radical (unpaired) electrons. The van der Waals surface area contributed by atoms with Crippen molar-refractivity contribution in [2.24, 2.45) is 12.5 Å². The standard InChI is InChI=1S/C27H24F3N3O3/c1-26(2,25(34)35)16-36-20-12-9-17(10-13-20)21-14-11-19(15-31-21)24-32-22(18-7-5-4-6-8-18)23(33(24)3)27(28,29)30/h4-15H,16H2,1-3H3,(H,34,35). The number of ether oxygens (including phenoxy) is 1. The molecule has 0 atom stereocenters. The number of carboxylic acids is 1. The van der Waals surface area contributed by atoms with Crippen LogP contribution in [0.3, 0.4) is 0 Å². The van der Waals surface area contributed by atoms with E-state index in [1.807, 2.05) is 0 Å². The van der Waals surface area contributed by atoms with Gasteiger partial charge in [-0.15, -0.1) is 0 Å². The summed E-state index contributed by atoms with van der Waals surface area (Å²) in [6, 6.07) is 18.6. The highest BCUT2D eigenvalue weighted by Gasteiger charge is 2.39. The fraction of sp³-hybridized carbons (Fsp3) is 0.222. The van der Waals surface area contributed by atoms with Crippen molar-refractivity contribution >= 4 is 5.97 Å². The molecule has 2 heterocycles. The number of carboxylic acid groups (broad SMARTS) is 1. The lowest BCUT2D eigenvalue weighted by Gasteiger charge is -2.19. The molecule has 1 N–H and O–H groups in total. The Balaban J connectivity index is 1.59. The minimum absolute atomic E-state index is 0.0170. The summed E-state index contributed by atoms with van der Waals surface area (Å²) in [6.45, 7) is 3.18. The first-order valence-electron chi connectivity index (χ1n) is 11.1. The van der Waals surface area contributed by atoms with E-state index in [1.54, 1.807) is 80.6 Å². The topological polar surface area (TPSA) is 77.2 Å². The molecule has 0 bridgehead atoms. The van der Waals surface area contributed by atoms with Crippen LogP contribution in [-0.4, -0.2) is 32.2 Å². The number of halogens is 3. The molecule has 0 aliphatic heterocycles. The number of hydrogen-bond donors (Lipinski definition) is 1. The Morgan fingerprint density at radius 3 is 2.14 bits per heavy atom. The van der Waals surface area contributed by atoms with E-state index in [1.165, 1.54) is 13.2 Å². The summed E-state index contributed by atoms with van der Waals surface area (Å²) in [5.74, 6) is -0.273. The maximum atomic E-state index is 13.9. The van der Waals surface area contributed by atoms with Gasteiger partial charge < -0.3 is 14.4 Å². The van der Waals surface area contributed by atoms with E-state index in [0.29, 0.717) is 22.6 Å². The number of carbonyl (C=O) groups is 1. The molecular formula is C27H24F3N3O3. The summed E-state index contributed by atoms with van der Waals surface area (Å²) in [6.07, 6.45) is -3.09. The van der Waals surface area contributed by atoms with Gasteiger partial charge in [-0.3, -0.25) is 9.78 Å². The Bertz CT molecular complexity index is 1360. The third-order valence-electron chi connectivity index (χ3n) is 5.76. The third kappa shape index (κ3) is 5.10. The third-order valence-corrected chi connectivity index (χ3v) is 5.76. The van der Waals surface area contributed by atoms with Gasteiger partial charge in [0.2, 0.25) is 0 Å². The highest BCUT2D eigenvalue weighted by atomic mass is 19.4. The lowest BCUT2D eigenvalue weighted by atomic mass is 9.95. The highest BCUT2D eigenvalue weighted by molar-refractivity contribution is 5.74. The molecule has 0 aliphatic carbocycles. The van der Waals surface area contributed by atoms with Gasteiger partial charge in [-0.2, -0.15) is 13.2 Å². The molecule has 4 aromatic rings. The quantitative estimate of drug-likeness (QED) is 0.324. The van der Waals surface area contributed by atoms with Crippen molar-refractivity contribution in [2.45, 2.75) is 20.0 Å². The van der Waals surface area contributed by atoms with Crippen molar-refractivity contribution in [3.05, 3.63) is 78.6 Å². The van der Waals surface area contributed by atoms with E-state index in [9.17, 15) is 23.1 Å². The van der Waals surface area contributed by atoms with Crippen LogP contribution in [0.25, 0.3) is 33.9 Å².